The van der Waals surface area contributed by atoms with Crippen LogP contribution in [-0.2, 0) is 25.6 Å². The second-order valence-corrected chi connectivity index (χ2v) is 8.53. The molecule has 0 spiro atoms. The molecule has 2 aromatic heterocycles. The van der Waals surface area contributed by atoms with E-state index in [4.69, 9.17) is 10.5 Å². The van der Waals surface area contributed by atoms with E-state index >= 15 is 0 Å². The lowest BCUT2D eigenvalue weighted by Crippen LogP contribution is -2.22. The van der Waals surface area contributed by atoms with Crippen LogP contribution >= 0.6 is 11.3 Å². The first-order chi connectivity index (χ1) is 14.8. The monoisotopic (exact) mass is 449 g/mol. The molecule has 31 heavy (non-hydrogen) atoms. The highest BCUT2D eigenvalue weighted by Gasteiger charge is 2.39. The first kappa shape index (κ1) is 21.4. The van der Waals surface area contributed by atoms with Crippen LogP contribution in [0.25, 0.3) is 10.2 Å². The van der Waals surface area contributed by atoms with Crippen LogP contribution in [0, 0.1) is 0 Å². The quantitative estimate of drug-likeness (QED) is 0.543. The summed E-state index contributed by atoms with van der Waals surface area (Å²) in [6.07, 6.45) is -1.38. The molecule has 9 heteroatoms. The van der Waals surface area contributed by atoms with Gasteiger partial charge in [-0.1, -0.05) is 18.6 Å². The Kier molecular flexibility index (Phi) is 5.79. The van der Waals surface area contributed by atoms with Crippen LogP contribution < -0.4 is 15.8 Å². The van der Waals surface area contributed by atoms with Crippen LogP contribution in [0.15, 0.2) is 24.3 Å². The number of anilines is 1. The molecule has 0 saturated heterocycles. The van der Waals surface area contributed by atoms with Gasteiger partial charge in [-0.3, -0.25) is 4.79 Å². The normalized spacial score (nSPS) is 14.2. The first-order valence-electron chi connectivity index (χ1n) is 10.0. The number of aryl methyl sites for hydroxylation is 1. The number of rotatable bonds is 4. The number of carbonyl (C=O) groups is 1. The van der Waals surface area contributed by atoms with Crippen molar-refractivity contribution in [2.24, 2.45) is 0 Å². The van der Waals surface area contributed by atoms with Crippen LogP contribution in [0.1, 0.15) is 51.3 Å². The predicted molar refractivity (Wildman–Crippen MR) is 114 cm³/mol. The standard InChI is InChI=1S/C22H22F3N3O2S/c1-30-13-9-7-12(8-10-13)11-27-20(29)19-18(26)16-17(22(23,24)25)14-5-3-2-4-6-15(14)28-21(16)31-19/h7-10H,2-6,11,26H2,1H3,(H,27,29). The fourth-order valence-electron chi connectivity index (χ4n) is 3.97. The van der Waals surface area contributed by atoms with E-state index in [9.17, 15) is 18.0 Å². The van der Waals surface area contributed by atoms with Gasteiger partial charge in [0.25, 0.3) is 5.91 Å². The number of nitrogens with zero attached hydrogens (tertiary/aromatic N) is 1. The maximum absolute atomic E-state index is 14.1. The van der Waals surface area contributed by atoms with E-state index < -0.39 is 17.6 Å². The number of amides is 1. The number of thiophene rings is 1. The zero-order valence-corrected chi connectivity index (χ0v) is 17.8. The van der Waals surface area contributed by atoms with Crippen molar-refractivity contribution in [3.63, 3.8) is 0 Å². The van der Waals surface area contributed by atoms with E-state index in [1.807, 2.05) is 0 Å². The van der Waals surface area contributed by atoms with E-state index in [0.29, 0.717) is 30.7 Å². The highest BCUT2D eigenvalue weighted by molar-refractivity contribution is 7.21. The van der Waals surface area contributed by atoms with Crippen molar-refractivity contribution in [2.45, 2.75) is 44.8 Å². The van der Waals surface area contributed by atoms with Gasteiger partial charge in [0, 0.05) is 17.6 Å². The maximum Gasteiger partial charge on any atom is 0.417 e. The Bertz CT molecular complexity index is 1120. The molecule has 1 amide bonds. The lowest BCUT2D eigenvalue weighted by Gasteiger charge is -2.16. The number of nitrogen functional groups attached to an aromatic ring is 1. The number of aromatic nitrogens is 1. The molecule has 0 aliphatic heterocycles. The van der Waals surface area contributed by atoms with Crippen molar-refractivity contribution in [2.75, 3.05) is 12.8 Å². The number of methoxy groups -OCH3 is 1. The second-order valence-electron chi connectivity index (χ2n) is 7.53. The van der Waals surface area contributed by atoms with Crippen LogP contribution in [-0.4, -0.2) is 18.0 Å². The molecule has 0 radical (unpaired) electrons. The summed E-state index contributed by atoms with van der Waals surface area (Å²) in [5, 5.41) is 2.59. The van der Waals surface area contributed by atoms with E-state index in [-0.39, 0.29) is 32.9 Å². The molecule has 0 unspecified atom stereocenters. The molecule has 1 aromatic carbocycles. The minimum Gasteiger partial charge on any atom is -0.497 e. The molecule has 164 valence electrons. The molecule has 1 aliphatic carbocycles. The third kappa shape index (κ3) is 4.19. The maximum atomic E-state index is 14.1. The van der Waals surface area contributed by atoms with E-state index in [2.05, 4.69) is 10.3 Å². The summed E-state index contributed by atoms with van der Waals surface area (Å²) in [7, 11) is 1.56. The van der Waals surface area contributed by atoms with Crippen LogP contribution in [0.5, 0.6) is 5.75 Å². The molecule has 4 rings (SSSR count). The number of hydrogen-bond donors (Lipinski definition) is 2. The van der Waals surface area contributed by atoms with Gasteiger partial charge < -0.3 is 15.8 Å². The topological polar surface area (TPSA) is 77.2 Å². The van der Waals surface area contributed by atoms with Gasteiger partial charge in [0.05, 0.1) is 18.4 Å². The Balaban J connectivity index is 1.70. The van der Waals surface area contributed by atoms with E-state index in [0.717, 1.165) is 29.7 Å². The van der Waals surface area contributed by atoms with E-state index in [1.54, 1.807) is 31.4 Å². The third-order valence-electron chi connectivity index (χ3n) is 5.51. The molecule has 0 bridgehead atoms. The Morgan fingerprint density at radius 3 is 2.58 bits per heavy atom. The number of pyridine rings is 1. The number of alkyl halides is 3. The van der Waals surface area contributed by atoms with Gasteiger partial charge in [-0.05, 0) is 48.9 Å². The average molecular weight is 449 g/mol. The Morgan fingerprint density at radius 2 is 1.90 bits per heavy atom. The van der Waals surface area contributed by atoms with Crippen molar-refractivity contribution in [1.82, 2.24) is 10.3 Å². The molecule has 3 aromatic rings. The summed E-state index contributed by atoms with van der Waals surface area (Å²) in [6, 6.07) is 7.13. The smallest absolute Gasteiger partial charge is 0.417 e. The minimum absolute atomic E-state index is 0.0571. The fourth-order valence-corrected chi connectivity index (χ4v) is 5.01. The summed E-state index contributed by atoms with van der Waals surface area (Å²) < 4.78 is 47.3. The van der Waals surface area contributed by atoms with Gasteiger partial charge in [-0.15, -0.1) is 11.3 Å². The van der Waals surface area contributed by atoms with E-state index in [1.165, 1.54) is 0 Å². The highest BCUT2D eigenvalue weighted by atomic mass is 32.1. The number of ether oxygens (including phenoxy) is 1. The van der Waals surface area contributed by atoms with Crippen molar-refractivity contribution in [1.29, 1.82) is 0 Å². The molecule has 2 heterocycles. The minimum atomic E-state index is -4.57. The lowest BCUT2D eigenvalue weighted by atomic mass is 9.98. The lowest BCUT2D eigenvalue weighted by molar-refractivity contribution is -0.136. The SMILES string of the molecule is COc1ccc(CNC(=O)c2sc3nc4c(c(C(F)(F)F)c3c2N)CCCCC4)cc1. The van der Waals surface area contributed by atoms with Crippen LogP contribution in [0.2, 0.25) is 0 Å². The molecule has 3 N–H and O–H groups in total. The fraction of sp³-hybridized carbons (Fsp3) is 0.364. The summed E-state index contributed by atoms with van der Waals surface area (Å²) in [6.45, 7) is 0.215. The van der Waals surface area contributed by atoms with Crippen LogP contribution in [0.4, 0.5) is 18.9 Å². The van der Waals surface area contributed by atoms with Gasteiger partial charge in [-0.2, -0.15) is 13.2 Å². The predicted octanol–water partition coefficient (Wildman–Crippen LogP) is 5.10. The number of benzene rings is 1. The van der Waals surface area contributed by atoms with Gasteiger partial charge in [-0.25, -0.2) is 4.98 Å². The first-order valence-corrected chi connectivity index (χ1v) is 10.8. The zero-order valence-electron chi connectivity index (χ0n) is 16.9. The Morgan fingerprint density at radius 1 is 1.19 bits per heavy atom. The second kappa shape index (κ2) is 8.37. The number of halogens is 3. The largest absolute Gasteiger partial charge is 0.497 e. The zero-order chi connectivity index (χ0) is 22.2. The number of carbonyl (C=O) groups excluding carboxylic acids is 1. The van der Waals surface area contributed by atoms with Crippen molar-refractivity contribution in [3.05, 3.63) is 51.5 Å². The van der Waals surface area contributed by atoms with Gasteiger partial charge in [0.2, 0.25) is 0 Å². The number of fused-ring (bicyclic) bond motifs is 2. The molecular weight excluding hydrogens is 427 g/mol. The molecule has 0 saturated carbocycles. The highest BCUT2D eigenvalue weighted by Crippen LogP contribution is 2.45. The van der Waals surface area contributed by atoms with Crippen molar-refractivity contribution in [3.8, 4) is 5.75 Å². The van der Waals surface area contributed by atoms with Gasteiger partial charge >= 0.3 is 6.18 Å². The van der Waals surface area contributed by atoms with Crippen molar-refractivity contribution >= 4 is 33.1 Å². The molecule has 0 atom stereocenters. The summed E-state index contributed by atoms with van der Waals surface area (Å²) >= 11 is 0.915. The van der Waals surface area contributed by atoms with Crippen LogP contribution in [0.3, 0.4) is 0 Å². The number of nitrogens with two attached hydrogens (primary N) is 1. The van der Waals surface area contributed by atoms with Gasteiger partial charge in [0.1, 0.15) is 15.5 Å². The average Bonchev–Trinajstić information content (AvgIpc) is 2.91. The summed E-state index contributed by atoms with van der Waals surface area (Å²) in [5.74, 6) is 0.175. The van der Waals surface area contributed by atoms with Gasteiger partial charge in [0.15, 0.2) is 0 Å². The third-order valence-corrected chi connectivity index (χ3v) is 6.60. The summed E-state index contributed by atoms with van der Waals surface area (Å²) in [5.41, 5.74) is 6.76. The Hall–Kier alpha value is -2.81. The van der Waals surface area contributed by atoms with Crippen molar-refractivity contribution < 1.29 is 22.7 Å². The molecule has 0 fully saturated rings. The molecular formula is C22H22F3N3O2S. The number of hydrogen-bond acceptors (Lipinski definition) is 5. The Labute approximate surface area is 181 Å². The number of nitrogens with one attached hydrogen (secondary N) is 1. The molecule has 1 aliphatic rings. The molecule has 5 nitrogen and oxygen atoms in total. The summed E-state index contributed by atoms with van der Waals surface area (Å²) in [4.78, 5) is 17.5.